The second-order valence-electron chi connectivity index (χ2n) is 6.12. The summed E-state index contributed by atoms with van der Waals surface area (Å²) in [6, 6.07) is 8.32. The van der Waals surface area contributed by atoms with Crippen LogP contribution in [0.4, 0.5) is 0 Å². The Hall–Kier alpha value is -1.00. The summed E-state index contributed by atoms with van der Waals surface area (Å²) in [7, 11) is 1.44. The Bertz CT molecular complexity index is 437. The van der Waals surface area contributed by atoms with Crippen LogP contribution in [-0.2, 0) is 14.9 Å². The Balaban J connectivity index is 2.61. The Kier molecular flexibility index (Phi) is 7.26. The van der Waals surface area contributed by atoms with Gasteiger partial charge in [0.2, 0.25) is 0 Å². The number of thioether (sulfide) groups is 1. The van der Waals surface area contributed by atoms with Crippen LogP contribution in [0.2, 0.25) is 0 Å². The summed E-state index contributed by atoms with van der Waals surface area (Å²) in [6.07, 6.45) is 0.998. The van der Waals surface area contributed by atoms with Crippen LogP contribution in [-0.4, -0.2) is 31.4 Å². The Morgan fingerprint density at radius 3 is 2.38 bits per heavy atom. The maximum atomic E-state index is 11.7. The highest BCUT2D eigenvalue weighted by Crippen LogP contribution is 2.26. The fourth-order valence-corrected chi connectivity index (χ4v) is 2.84. The molecule has 1 atom stereocenters. The van der Waals surface area contributed by atoms with E-state index in [1.807, 2.05) is 0 Å². The summed E-state index contributed by atoms with van der Waals surface area (Å²) in [5.41, 5.74) is 1.49. The molecule has 0 fully saturated rings. The molecule has 1 N–H and O–H groups in total. The van der Waals surface area contributed by atoms with Crippen molar-refractivity contribution in [2.45, 2.75) is 50.5 Å². The van der Waals surface area contributed by atoms with Crippen LogP contribution >= 0.6 is 11.8 Å². The molecular weight excluding hydrogens is 282 g/mol. The molecule has 0 aliphatic rings. The van der Waals surface area contributed by atoms with E-state index in [9.17, 15) is 4.79 Å². The third kappa shape index (κ3) is 6.10. The predicted octanol–water partition coefficient (Wildman–Crippen LogP) is 3.62. The van der Waals surface area contributed by atoms with Gasteiger partial charge in [-0.05, 0) is 36.1 Å². The minimum Gasteiger partial charge on any atom is -0.468 e. The predicted molar refractivity (Wildman–Crippen MR) is 90.0 cm³/mol. The molecule has 0 heterocycles. The summed E-state index contributed by atoms with van der Waals surface area (Å²) < 4.78 is 4.85. The number of hydrogen-bond donors (Lipinski definition) is 1. The standard InChI is InChI=1S/C17H27NO2S/c1-6-11-18-15(16(19)20-5)12-21-14-9-7-13(8-10-14)17(2,3)4/h7-10,15,18H,6,11-12H2,1-5H3. The van der Waals surface area contributed by atoms with E-state index in [1.165, 1.54) is 17.6 Å². The van der Waals surface area contributed by atoms with Crippen molar-refractivity contribution in [1.82, 2.24) is 5.32 Å². The number of rotatable bonds is 7. The zero-order valence-electron chi connectivity index (χ0n) is 13.7. The maximum Gasteiger partial charge on any atom is 0.323 e. The highest BCUT2D eigenvalue weighted by atomic mass is 32.2. The van der Waals surface area contributed by atoms with E-state index in [-0.39, 0.29) is 17.4 Å². The molecule has 0 spiro atoms. The SMILES string of the molecule is CCCNC(CSc1ccc(C(C)(C)C)cc1)C(=O)OC. The number of benzene rings is 1. The third-order valence-corrected chi connectivity index (χ3v) is 4.37. The van der Waals surface area contributed by atoms with Gasteiger partial charge in [0.15, 0.2) is 0 Å². The molecule has 21 heavy (non-hydrogen) atoms. The lowest BCUT2D eigenvalue weighted by molar-refractivity contribution is -0.142. The number of nitrogens with one attached hydrogen (secondary N) is 1. The van der Waals surface area contributed by atoms with Crippen LogP contribution in [0.1, 0.15) is 39.7 Å². The molecule has 0 aromatic heterocycles. The second-order valence-corrected chi connectivity index (χ2v) is 7.21. The van der Waals surface area contributed by atoms with Gasteiger partial charge in [-0.25, -0.2) is 0 Å². The van der Waals surface area contributed by atoms with Gasteiger partial charge in [-0.2, -0.15) is 0 Å². The quantitative estimate of drug-likeness (QED) is 0.617. The van der Waals surface area contributed by atoms with Gasteiger partial charge in [0.05, 0.1) is 7.11 Å². The van der Waals surface area contributed by atoms with Crippen molar-refractivity contribution in [3.63, 3.8) is 0 Å². The van der Waals surface area contributed by atoms with Crippen molar-refractivity contribution < 1.29 is 9.53 Å². The highest BCUT2D eigenvalue weighted by Gasteiger charge is 2.18. The van der Waals surface area contributed by atoms with Crippen LogP contribution in [0.25, 0.3) is 0 Å². The van der Waals surface area contributed by atoms with Gasteiger partial charge in [0, 0.05) is 10.6 Å². The van der Waals surface area contributed by atoms with Crippen molar-refractivity contribution in [1.29, 1.82) is 0 Å². The van der Waals surface area contributed by atoms with E-state index in [1.54, 1.807) is 11.8 Å². The number of esters is 1. The fourth-order valence-electron chi connectivity index (χ4n) is 1.90. The summed E-state index contributed by atoms with van der Waals surface area (Å²) in [5.74, 6) is 0.490. The van der Waals surface area contributed by atoms with Crippen molar-refractivity contribution in [3.05, 3.63) is 29.8 Å². The average molecular weight is 309 g/mol. The highest BCUT2D eigenvalue weighted by molar-refractivity contribution is 7.99. The van der Waals surface area contributed by atoms with Crippen molar-refractivity contribution in [2.24, 2.45) is 0 Å². The van der Waals surface area contributed by atoms with Gasteiger partial charge in [-0.3, -0.25) is 4.79 Å². The lowest BCUT2D eigenvalue weighted by atomic mass is 9.87. The molecular formula is C17H27NO2S. The van der Waals surface area contributed by atoms with E-state index in [2.05, 4.69) is 57.3 Å². The first-order valence-corrected chi connectivity index (χ1v) is 8.41. The van der Waals surface area contributed by atoms with Gasteiger partial charge in [0.1, 0.15) is 6.04 Å². The number of carbonyl (C=O) groups is 1. The first kappa shape index (κ1) is 18.1. The maximum absolute atomic E-state index is 11.7. The zero-order valence-corrected chi connectivity index (χ0v) is 14.5. The van der Waals surface area contributed by atoms with Crippen LogP contribution in [0.5, 0.6) is 0 Å². The van der Waals surface area contributed by atoms with Crippen LogP contribution in [0.15, 0.2) is 29.2 Å². The van der Waals surface area contributed by atoms with Gasteiger partial charge in [0.25, 0.3) is 0 Å². The largest absolute Gasteiger partial charge is 0.468 e. The van der Waals surface area contributed by atoms with E-state index in [0.29, 0.717) is 5.75 Å². The van der Waals surface area contributed by atoms with Crippen LogP contribution < -0.4 is 5.32 Å². The second kappa shape index (κ2) is 8.44. The number of methoxy groups -OCH3 is 1. The first-order valence-electron chi connectivity index (χ1n) is 7.43. The minimum atomic E-state index is -0.248. The van der Waals surface area contributed by atoms with Crippen molar-refractivity contribution >= 4 is 17.7 Å². The molecule has 118 valence electrons. The molecule has 0 aliphatic carbocycles. The third-order valence-electron chi connectivity index (χ3n) is 3.26. The molecule has 1 aromatic carbocycles. The Morgan fingerprint density at radius 2 is 1.90 bits per heavy atom. The lowest BCUT2D eigenvalue weighted by Crippen LogP contribution is -2.40. The van der Waals surface area contributed by atoms with Crippen molar-refractivity contribution in [3.8, 4) is 0 Å². The Labute approximate surface area is 132 Å². The van der Waals surface area contributed by atoms with Gasteiger partial charge in [-0.1, -0.05) is 39.8 Å². The number of carbonyl (C=O) groups excluding carboxylic acids is 1. The normalized spacial score (nSPS) is 13.0. The van der Waals surface area contributed by atoms with E-state index in [4.69, 9.17) is 4.74 Å². The lowest BCUT2D eigenvalue weighted by Gasteiger charge is -2.19. The Morgan fingerprint density at radius 1 is 1.29 bits per heavy atom. The molecule has 4 heteroatoms. The molecule has 0 saturated carbocycles. The summed E-state index contributed by atoms with van der Waals surface area (Å²) in [5, 5.41) is 3.23. The molecule has 1 rings (SSSR count). The number of ether oxygens (including phenoxy) is 1. The van der Waals surface area contributed by atoms with Crippen LogP contribution in [0, 0.1) is 0 Å². The van der Waals surface area contributed by atoms with Gasteiger partial charge in [-0.15, -0.1) is 11.8 Å². The molecule has 0 bridgehead atoms. The van der Waals surface area contributed by atoms with Crippen molar-refractivity contribution in [2.75, 3.05) is 19.4 Å². The monoisotopic (exact) mass is 309 g/mol. The molecule has 1 aromatic rings. The van der Waals surface area contributed by atoms with Crippen LogP contribution in [0.3, 0.4) is 0 Å². The zero-order chi connectivity index (χ0) is 15.9. The summed E-state index contributed by atoms with van der Waals surface area (Å²) in [4.78, 5) is 12.9. The molecule has 0 saturated heterocycles. The molecule has 1 unspecified atom stereocenters. The van der Waals surface area contributed by atoms with E-state index < -0.39 is 0 Å². The van der Waals surface area contributed by atoms with E-state index >= 15 is 0 Å². The molecule has 0 amide bonds. The van der Waals surface area contributed by atoms with Gasteiger partial charge >= 0.3 is 5.97 Å². The summed E-state index contributed by atoms with van der Waals surface area (Å²) in [6.45, 7) is 9.52. The molecule has 0 radical (unpaired) electrons. The average Bonchev–Trinajstić information content (AvgIpc) is 2.46. The smallest absolute Gasteiger partial charge is 0.323 e. The first-order chi connectivity index (χ1) is 9.88. The van der Waals surface area contributed by atoms with E-state index in [0.717, 1.165) is 13.0 Å². The molecule has 3 nitrogen and oxygen atoms in total. The number of hydrogen-bond acceptors (Lipinski definition) is 4. The summed E-state index contributed by atoms with van der Waals surface area (Å²) >= 11 is 1.68. The minimum absolute atomic E-state index is 0.167. The topological polar surface area (TPSA) is 38.3 Å². The molecule has 0 aliphatic heterocycles. The fraction of sp³-hybridized carbons (Fsp3) is 0.588. The van der Waals surface area contributed by atoms with Gasteiger partial charge < -0.3 is 10.1 Å².